The summed E-state index contributed by atoms with van der Waals surface area (Å²) in [5.74, 6) is 1.55. The third-order valence-corrected chi connectivity index (χ3v) is 3.70. The molecule has 5 nitrogen and oxygen atoms in total. The van der Waals surface area contributed by atoms with Crippen LogP contribution in [0, 0.1) is 0 Å². The van der Waals surface area contributed by atoms with Crippen molar-refractivity contribution in [1.29, 1.82) is 0 Å². The van der Waals surface area contributed by atoms with E-state index in [-0.39, 0.29) is 6.04 Å². The van der Waals surface area contributed by atoms with E-state index in [1.807, 2.05) is 26.0 Å². The van der Waals surface area contributed by atoms with Gasteiger partial charge in [-0.3, -0.25) is 0 Å². The summed E-state index contributed by atoms with van der Waals surface area (Å²) < 4.78 is 15.3. The summed E-state index contributed by atoms with van der Waals surface area (Å²) in [6, 6.07) is 6.12. The molecule has 0 saturated heterocycles. The molecule has 0 aliphatic carbocycles. The minimum Gasteiger partial charge on any atom is -0.490 e. The highest BCUT2D eigenvalue weighted by atomic mass is 32.1. The van der Waals surface area contributed by atoms with Crippen molar-refractivity contribution < 1.29 is 9.47 Å². The average molecular weight is 307 g/mol. The van der Waals surface area contributed by atoms with E-state index in [0.29, 0.717) is 13.2 Å². The quantitative estimate of drug-likeness (QED) is 0.812. The maximum absolute atomic E-state index is 5.70. The van der Waals surface area contributed by atoms with Crippen LogP contribution in [0.5, 0.6) is 11.5 Å². The summed E-state index contributed by atoms with van der Waals surface area (Å²) in [6.45, 7) is 8.11. The Morgan fingerprint density at radius 1 is 1.14 bits per heavy atom. The van der Waals surface area contributed by atoms with E-state index < -0.39 is 0 Å². The predicted octanol–water partition coefficient (Wildman–Crippen LogP) is 3.03. The second kappa shape index (κ2) is 7.95. The maximum Gasteiger partial charge on any atom is 0.161 e. The molecule has 0 saturated carbocycles. The van der Waals surface area contributed by atoms with Gasteiger partial charge in [-0.2, -0.15) is 0 Å². The molecule has 2 rings (SSSR count). The zero-order valence-corrected chi connectivity index (χ0v) is 13.4. The summed E-state index contributed by atoms with van der Waals surface area (Å²) in [4.78, 5) is 1.09. The molecule has 21 heavy (non-hydrogen) atoms. The molecule has 6 heteroatoms. The van der Waals surface area contributed by atoms with Crippen molar-refractivity contribution in [3.8, 4) is 11.5 Å². The highest BCUT2D eigenvalue weighted by Crippen LogP contribution is 2.33. The summed E-state index contributed by atoms with van der Waals surface area (Å²) in [6.07, 6.45) is 1.80. The summed E-state index contributed by atoms with van der Waals surface area (Å²) >= 11 is 1.40. The van der Waals surface area contributed by atoms with Crippen molar-refractivity contribution in [2.24, 2.45) is 0 Å². The van der Waals surface area contributed by atoms with Crippen LogP contribution in [-0.2, 0) is 0 Å². The number of aromatic nitrogens is 2. The number of benzene rings is 1. The monoisotopic (exact) mass is 307 g/mol. The molecule has 0 radical (unpaired) electrons. The van der Waals surface area contributed by atoms with Gasteiger partial charge >= 0.3 is 0 Å². The van der Waals surface area contributed by atoms with Crippen LogP contribution in [0.1, 0.15) is 37.3 Å². The van der Waals surface area contributed by atoms with Crippen molar-refractivity contribution in [3.05, 3.63) is 34.8 Å². The first-order valence-corrected chi connectivity index (χ1v) is 7.97. The van der Waals surface area contributed by atoms with Gasteiger partial charge in [0, 0.05) is 0 Å². The van der Waals surface area contributed by atoms with Gasteiger partial charge in [-0.1, -0.05) is 17.5 Å². The molecule has 0 amide bonds. The summed E-state index contributed by atoms with van der Waals surface area (Å²) in [5.41, 5.74) is 1.12. The Labute approximate surface area is 129 Å². The van der Waals surface area contributed by atoms with Crippen molar-refractivity contribution in [1.82, 2.24) is 14.9 Å². The minimum absolute atomic E-state index is 0.0740. The second-order valence-electron chi connectivity index (χ2n) is 4.38. The number of ether oxygens (including phenoxy) is 2. The molecule has 1 aromatic carbocycles. The second-order valence-corrected chi connectivity index (χ2v) is 5.20. The standard InChI is InChI=1S/C15H21N3O2S/c1-4-16-15(14-10-17-18-21-14)11-7-8-12(19-5-2)13(9-11)20-6-3/h7-10,15-16H,4-6H2,1-3H3. The Kier molecular flexibility index (Phi) is 5.95. The van der Waals surface area contributed by atoms with Crippen LogP contribution >= 0.6 is 11.5 Å². The lowest BCUT2D eigenvalue weighted by Crippen LogP contribution is -2.21. The lowest BCUT2D eigenvalue weighted by Gasteiger charge is -2.18. The molecule has 1 atom stereocenters. The Morgan fingerprint density at radius 3 is 2.52 bits per heavy atom. The lowest BCUT2D eigenvalue weighted by atomic mass is 10.0. The highest BCUT2D eigenvalue weighted by Gasteiger charge is 2.17. The smallest absolute Gasteiger partial charge is 0.161 e. The molecular weight excluding hydrogens is 286 g/mol. The molecule has 2 aromatic rings. The predicted molar refractivity (Wildman–Crippen MR) is 84.2 cm³/mol. The number of nitrogens with zero attached hydrogens (tertiary/aromatic N) is 2. The number of nitrogens with one attached hydrogen (secondary N) is 1. The molecule has 114 valence electrons. The van der Waals surface area contributed by atoms with Crippen LogP contribution in [0.2, 0.25) is 0 Å². The van der Waals surface area contributed by atoms with Crippen molar-refractivity contribution in [3.63, 3.8) is 0 Å². The van der Waals surface area contributed by atoms with Gasteiger partial charge in [-0.05, 0) is 49.6 Å². The van der Waals surface area contributed by atoms with Crippen LogP contribution in [0.4, 0.5) is 0 Å². The van der Waals surface area contributed by atoms with Gasteiger partial charge in [0.1, 0.15) is 0 Å². The van der Waals surface area contributed by atoms with Crippen LogP contribution in [-0.4, -0.2) is 29.3 Å². The van der Waals surface area contributed by atoms with Gasteiger partial charge in [-0.25, -0.2) is 0 Å². The molecule has 0 spiro atoms. The Balaban J connectivity index is 2.34. The van der Waals surface area contributed by atoms with E-state index in [4.69, 9.17) is 9.47 Å². The van der Waals surface area contributed by atoms with Gasteiger partial charge in [0.05, 0.1) is 30.3 Å². The molecule has 0 aliphatic heterocycles. The van der Waals surface area contributed by atoms with E-state index in [2.05, 4.69) is 27.9 Å². The molecule has 1 heterocycles. The average Bonchev–Trinajstić information content (AvgIpc) is 3.01. The van der Waals surface area contributed by atoms with E-state index in [9.17, 15) is 0 Å². The highest BCUT2D eigenvalue weighted by molar-refractivity contribution is 7.05. The number of rotatable bonds is 8. The van der Waals surface area contributed by atoms with Crippen LogP contribution in [0.3, 0.4) is 0 Å². The van der Waals surface area contributed by atoms with Crippen molar-refractivity contribution in [2.75, 3.05) is 19.8 Å². The Hall–Kier alpha value is -1.66. The molecule has 0 aliphatic rings. The topological polar surface area (TPSA) is 56.3 Å². The van der Waals surface area contributed by atoms with E-state index in [1.165, 1.54) is 11.5 Å². The molecule has 0 fully saturated rings. The van der Waals surface area contributed by atoms with Crippen molar-refractivity contribution in [2.45, 2.75) is 26.8 Å². The Morgan fingerprint density at radius 2 is 1.90 bits per heavy atom. The van der Waals surface area contributed by atoms with E-state index >= 15 is 0 Å². The third-order valence-electron chi connectivity index (χ3n) is 2.97. The number of hydrogen-bond donors (Lipinski definition) is 1. The zero-order chi connectivity index (χ0) is 15.1. The van der Waals surface area contributed by atoms with Gasteiger partial charge in [-0.15, -0.1) is 5.10 Å². The van der Waals surface area contributed by atoms with Gasteiger partial charge in [0.15, 0.2) is 11.5 Å². The Bertz CT molecular complexity index is 546. The zero-order valence-electron chi connectivity index (χ0n) is 12.6. The third kappa shape index (κ3) is 3.92. The molecule has 1 N–H and O–H groups in total. The fraction of sp³-hybridized carbons (Fsp3) is 0.467. The van der Waals surface area contributed by atoms with Crippen LogP contribution in [0.15, 0.2) is 24.4 Å². The molecule has 0 bridgehead atoms. The number of hydrogen-bond acceptors (Lipinski definition) is 6. The fourth-order valence-corrected chi connectivity index (χ4v) is 2.74. The SMILES string of the molecule is CCNC(c1ccc(OCC)c(OCC)c1)c1cnns1. The first-order valence-electron chi connectivity index (χ1n) is 7.20. The van der Waals surface area contributed by atoms with Crippen LogP contribution < -0.4 is 14.8 Å². The van der Waals surface area contributed by atoms with Gasteiger partial charge < -0.3 is 14.8 Å². The lowest BCUT2D eigenvalue weighted by molar-refractivity contribution is 0.287. The molecule has 1 unspecified atom stereocenters. The van der Waals surface area contributed by atoms with E-state index in [1.54, 1.807) is 6.20 Å². The van der Waals surface area contributed by atoms with Gasteiger partial charge in [0.2, 0.25) is 0 Å². The first kappa shape index (κ1) is 15.7. The van der Waals surface area contributed by atoms with Gasteiger partial charge in [0.25, 0.3) is 0 Å². The first-order chi connectivity index (χ1) is 10.3. The van der Waals surface area contributed by atoms with Crippen LogP contribution in [0.25, 0.3) is 0 Å². The molecule has 1 aromatic heterocycles. The maximum atomic E-state index is 5.70. The molecular formula is C15H21N3O2S. The minimum atomic E-state index is 0.0740. The summed E-state index contributed by atoms with van der Waals surface area (Å²) in [5, 5.41) is 7.39. The summed E-state index contributed by atoms with van der Waals surface area (Å²) in [7, 11) is 0. The largest absolute Gasteiger partial charge is 0.490 e. The fourth-order valence-electron chi connectivity index (χ4n) is 2.14. The van der Waals surface area contributed by atoms with Crippen molar-refractivity contribution >= 4 is 11.5 Å². The normalized spacial score (nSPS) is 12.1. The van der Waals surface area contributed by atoms with E-state index in [0.717, 1.165) is 28.5 Å².